The van der Waals surface area contributed by atoms with E-state index in [2.05, 4.69) is 190 Å². The van der Waals surface area contributed by atoms with Crippen molar-refractivity contribution in [3.05, 3.63) is 205 Å². The first-order valence-corrected chi connectivity index (χ1v) is 20.0. The van der Waals surface area contributed by atoms with Gasteiger partial charge in [0, 0.05) is 40.1 Å². The molecule has 0 spiro atoms. The number of benzene rings is 7. The standard InChI is InChI=1S/C53H36N5/c1-2-10-37(11-3-1)52-56-46-15-7-9-17-48(46)58(52)41-24-20-36(21-25-41)35-18-22-40(23-19-35)57-47-16-8-5-13-44(47)50-49(57)27-26-43-42-12-4-6-14-45(42)53(51(43)50,39-30-33-55-34-39)38-28-31-54-32-29-38/h1-29,31-34,39H,30H2/q+1. The lowest BCUT2D eigenvalue weighted by atomic mass is 9.63. The average Bonchev–Trinajstić information content (AvgIpc) is 4.10. The van der Waals surface area contributed by atoms with E-state index in [9.17, 15) is 0 Å². The number of aromatic nitrogens is 4. The van der Waals surface area contributed by atoms with Crippen LogP contribution in [0.25, 0.3) is 77.9 Å². The van der Waals surface area contributed by atoms with Gasteiger partial charge in [-0.15, -0.1) is 4.67 Å². The third kappa shape index (κ3) is 4.62. The first-order chi connectivity index (χ1) is 28.8. The van der Waals surface area contributed by atoms with Crippen molar-refractivity contribution in [3.8, 4) is 45.0 Å². The molecular formula is C53H36N5+. The second-order valence-corrected chi connectivity index (χ2v) is 15.4. The number of hydrogen-bond acceptors (Lipinski definition) is 2. The van der Waals surface area contributed by atoms with Gasteiger partial charge in [-0.25, -0.2) is 4.98 Å². The second kappa shape index (κ2) is 12.7. The van der Waals surface area contributed by atoms with Crippen molar-refractivity contribution >= 4 is 45.3 Å². The molecule has 2 aliphatic rings. The summed E-state index contributed by atoms with van der Waals surface area (Å²) < 4.78 is 9.43. The van der Waals surface area contributed by atoms with E-state index < -0.39 is 5.41 Å². The van der Waals surface area contributed by atoms with Crippen LogP contribution in [0.15, 0.2) is 188 Å². The lowest BCUT2D eigenvalue weighted by Gasteiger charge is -2.35. The van der Waals surface area contributed by atoms with Crippen LogP contribution in [-0.2, 0) is 5.41 Å². The van der Waals surface area contributed by atoms with E-state index in [-0.39, 0.29) is 5.92 Å². The molecule has 2 atom stereocenters. The van der Waals surface area contributed by atoms with Crippen LogP contribution in [0.2, 0.25) is 0 Å². The van der Waals surface area contributed by atoms with Crippen LogP contribution in [-0.4, -0.2) is 31.5 Å². The fourth-order valence-corrected chi connectivity index (χ4v) is 10.0. The van der Waals surface area contributed by atoms with Gasteiger partial charge in [-0.1, -0.05) is 115 Å². The summed E-state index contributed by atoms with van der Waals surface area (Å²) in [6, 6.07) is 63.6. The van der Waals surface area contributed by atoms with Crippen LogP contribution in [0.5, 0.6) is 0 Å². The molecule has 5 heteroatoms. The van der Waals surface area contributed by atoms with E-state index >= 15 is 0 Å². The maximum absolute atomic E-state index is 5.04. The summed E-state index contributed by atoms with van der Waals surface area (Å²) in [6.07, 6.45) is 9.01. The van der Waals surface area contributed by atoms with Crippen LogP contribution < -0.4 is 4.67 Å². The number of pyridine rings is 1. The first kappa shape index (κ1) is 32.6. The molecule has 0 fully saturated rings. The van der Waals surface area contributed by atoms with Crippen molar-refractivity contribution < 1.29 is 0 Å². The molecule has 5 nitrogen and oxygen atoms in total. The van der Waals surface area contributed by atoms with Crippen molar-refractivity contribution in [3.63, 3.8) is 0 Å². The molecule has 0 amide bonds. The smallest absolute Gasteiger partial charge is 0.273 e. The first-order valence-electron chi connectivity index (χ1n) is 20.0. The summed E-state index contributed by atoms with van der Waals surface area (Å²) in [6.45, 7) is 0. The summed E-state index contributed by atoms with van der Waals surface area (Å²) in [5.74, 6) is 1.10. The monoisotopic (exact) mass is 742 g/mol. The van der Waals surface area contributed by atoms with E-state index in [0.717, 1.165) is 45.8 Å². The van der Waals surface area contributed by atoms with Crippen molar-refractivity contribution in [1.29, 1.82) is 0 Å². The van der Waals surface area contributed by atoms with Gasteiger partial charge in [0.05, 0.1) is 39.8 Å². The van der Waals surface area contributed by atoms with E-state index in [4.69, 9.17) is 9.65 Å². The summed E-state index contributed by atoms with van der Waals surface area (Å²) in [7, 11) is 0. The molecule has 58 heavy (non-hydrogen) atoms. The molecule has 3 aromatic heterocycles. The molecule has 12 rings (SSSR count). The van der Waals surface area contributed by atoms with Crippen LogP contribution in [0, 0.1) is 5.92 Å². The lowest BCUT2D eigenvalue weighted by molar-refractivity contribution is 0.516. The molecule has 1 aliphatic carbocycles. The number of rotatable bonds is 6. The Labute approximate surface area is 335 Å². The molecule has 272 valence electrons. The average molecular weight is 743 g/mol. The summed E-state index contributed by atoms with van der Waals surface area (Å²) in [5.41, 5.74) is 16.2. The van der Waals surface area contributed by atoms with Gasteiger partial charge in [0.1, 0.15) is 5.82 Å². The Morgan fingerprint density at radius 1 is 0.534 bits per heavy atom. The molecule has 10 aromatic rings. The highest BCUT2D eigenvalue weighted by Crippen LogP contribution is 2.59. The highest BCUT2D eigenvalue weighted by atomic mass is 15.1. The molecule has 0 bridgehead atoms. The fourth-order valence-electron chi connectivity index (χ4n) is 10.0. The highest BCUT2D eigenvalue weighted by Gasteiger charge is 2.53. The van der Waals surface area contributed by atoms with Crippen molar-refractivity contribution in [2.75, 3.05) is 0 Å². The van der Waals surface area contributed by atoms with Gasteiger partial charge in [-0.05, 0) is 99.6 Å². The number of nitrogens with zero attached hydrogens (tertiary/aromatic N) is 5. The van der Waals surface area contributed by atoms with Gasteiger partial charge in [0.2, 0.25) is 0 Å². The van der Waals surface area contributed by atoms with Gasteiger partial charge < -0.3 is 4.57 Å². The molecule has 4 heterocycles. The lowest BCUT2D eigenvalue weighted by Crippen LogP contribution is -2.36. The third-order valence-corrected chi connectivity index (χ3v) is 12.5. The SMILES string of the molecule is C1=[N+]=CC(C2(c3ccncc3)c3ccccc3-c3ccc4c(c32)c2ccccc2n4-c2ccc(-c3ccc(-n4c(-c5ccccc5)nc5ccccc54)cc3)cc2)C1. The fraction of sp³-hybridized carbons (Fsp3) is 0.0566. The molecular weight excluding hydrogens is 707 g/mol. The predicted molar refractivity (Wildman–Crippen MR) is 238 cm³/mol. The van der Waals surface area contributed by atoms with E-state index in [0.29, 0.717) is 0 Å². The molecule has 0 saturated heterocycles. The zero-order valence-electron chi connectivity index (χ0n) is 31.6. The van der Waals surface area contributed by atoms with Gasteiger partial charge >= 0.3 is 0 Å². The number of para-hydroxylation sites is 3. The van der Waals surface area contributed by atoms with Gasteiger partial charge in [0.15, 0.2) is 0 Å². The maximum atomic E-state index is 5.04. The van der Waals surface area contributed by atoms with Crippen LogP contribution in [0.1, 0.15) is 23.1 Å². The molecule has 0 radical (unpaired) electrons. The molecule has 0 N–H and O–H groups in total. The Hall–Kier alpha value is -7.59. The highest BCUT2D eigenvalue weighted by molar-refractivity contribution is 6.15. The largest absolute Gasteiger partial charge is 0.309 e. The molecule has 0 saturated carbocycles. The molecule has 2 unspecified atom stereocenters. The summed E-state index contributed by atoms with van der Waals surface area (Å²) in [5, 5.41) is 2.55. The minimum absolute atomic E-state index is 0.160. The normalized spacial score (nSPS) is 16.7. The Morgan fingerprint density at radius 3 is 1.97 bits per heavy atom. The van der Waals surface area contributed by atoms with Gasteiger partial charge in [-0.2, -0.15) is 0 Å². The van der Waals surface area contributed by atoms with E-state index in [1.165, 1.54) is 55.2 Å². The zero-order chi connectivity index (χ0) is 38.2. The predicted octanol–water partition coefficient (Wildman–Crippen LogP) is 11.4. The van der Waals surface area contributed by atoms with Crippen molar-refractivity contribution in [2.24, 2.45) is 5.92 Å². The zero-order valence-corrected chi connectivity index (χ0v) is 31.6. The Bertz CT molecular complexity index is 3280. The minimum Gasteiger partial charge on any atom is -0.309 e. The maximum Gasteiger partial charge on any atom is 0.273 e. The third-order valence-electron chi connectivity index (χ3n) is 12.5. The van der Waals surface area contributed by atoms with Crippen LogP contribution in [0.4, 0.5) is 0 Å². The van der Waals surface area contributed by atoms with Crippen molar-refractivity contribution in [1.82, 2.24) is 23.8 Å². The molecule has 7 aromatic carbocycles. The topological polar surface area (TPSA) is 49.7 Å². The Morgan fingerprint density at radius 2 is 1.21 bits per heavy atom. The quantitative estimate of drug-likeness (QED) is 0.159. The van der Waals surface area contributed by atoms with E-state index in [1.54, 1.807) is 0 Å². The van der Waals surface area contributed by atoms with E-state index in [1.807, 2.05) is 24.5 Å². The Kier molecular flexibility index (Phi) is 7.16. The van der Waals surface area contributed by atoms with Crippen LogP contribution >= 0.6 is 0 Å². The molecule has 1 aliphatic heterocycles. The summed E-state index contributed by atoms with van der Waals surface area (Å²) >= 11 is 0. The van der Waals surface area contributed by atoms with Crippen LogP contribution in [0.3, 0.4) is 0 Å². The van der Waals surface area contributed by atoms with Gasteiger partial charge in [-0.3, -0.25) is 9.55 Å². The Balaban J connectivity index is 0.994. The minimum atomic E-state index is -0.430. The second-order valence-electron chi connectivity index (χ2n) is 15.4. The van der Waals surface area contributed by atoms with Gasteiger partial charge in [0.25, 0.3) is 12.4 Å². The van der Waals surface area contributed by atoms with Crippen molar-refractivity contribution in [2.45, 2.75) is 11.8 Å². The number of hydrogen-bond donors (Lipinski definition) is 0. The summed E-state index contributed by atoms with van der Waals surface area (Å²) in [4.78, 5) is 9.50. The number of fused-ring (bicyclic) bond motifs is 8. The number of imidazole rings is 1.